The van der Waals surface area contributed by atoms with Gasteiger partial charge >= 0.3 is 0 Å². The molecule has 0 amide bonds. The molecule has 1 nitrogen and oxygen atoms in total. The Balaban J connectivity index is 1.78. The molecule has 0 radical (unpaired) electrons. The third kappa shape index (κ3) is 2.99. The molecule has 0 aliphatic carbocycles. The van der Waals surface area contributed by atoms with Crippen molar-refractivity contribution in [1.82, 2.24) is 0 Å². The Morgan fingerprint density at radius 3 is 2.14 bits per heavy atom. The molecule has 0 N–H and O–H groups in total. The van der Waals surface area contributed by atoms with Crippen LogP contribution in [0.15, 0.2) is 95.5 Å². The van der Waals surface area contributed by atoms with Gasteiger partial charge in [-0.25, -0.2) is 4.39 Å². The molecule has 0 bridgehead atoms. The van der Waals surface area contributed by atoms with E-state index >= 15 is 0 Å². The molecule has 1 heterocycles. The maximum atomic E-state index is 13.5. The number of hydrogen-bond acceptors (Lipinski definition) is 2. The molecule has 0 unspecified atom stereocenters. The summed E-state index contributed by atoms with van der Waals surface area (Å²) in [6.07, 6.45) is 0. The van der Waals surface area contributed by atoms with Crippen LogP contribution < -0.4 is 4.90 Å². The van der Waals surface area contributed by atoms with Crippen LogP contribution in [-0.2, 0) is 0 Å². The van der Waals surface area contributed by atoms with Gasteiger partial charge in [-0.2, -0.15) is 0 Å². The van der Waals surface area contributed by atoms with Crippen LogP contribution in [0.3, 0.4) is 0 Å². The maximum Gasteiger partial charge on any atom is 0.123 e. The molecule has 136 valence electrons. The quantitative estimate of drug-likeness (QED) is 0.268. The minimum absolute atomic E-state index is 0.239. The van der Waals surface area contributed by atoms with E-state index in [0.717, 1.165) is 21.5 Å². The number of benzene rings is 4. The van der Waals surface area contributed by atoms with Gasteiger partial charge in [0.1, 0.15) is 5.82 Å². The first kappa shape index (κ1) is 17.4. The molecule has 4 aromatic carbocycles. The van der Waals surface area contributed by atoms with Crippen molar-refractivity contribution in [2.75, 3.05) is 4.90 Å². The highest BCUT2D eigenvalue weighted by Gasteiger charge is 2.16. The molecular formula is C24H15BrFNS. The second-order valence-electron chi connectivity index (χ2n) is 6.55. The Hall–Kier alpha value is -2.69. The highest BCUT2D eigenvalue weighted by atomic mass is 79.9. The Morgan fingerprint density at radius 2 is 1.36 bits per heavy atom. The van der Waals surface area contributed by atoms with E-state index in [4.69, 9.17) is 0 Å². The van der Waals surface area contributed by atoms with Crippen molar-refractivity contribution in [3.05, 3.63) is 101 Å². The molecule has 0 aliphatic rings. The Morgan fingerprint density at radius 1 is 0.679 bits per heavy atom. The lowest BCUT2D eigenvalue weighted by Crippen LogP contribution is -2.09. The van der Waals surface area contributed by atoms with Gasteiger partial charge < -0.3 is 4.90 Å². The maximum absolute atomic E-state index is 13.5. The summed E-state index contributed by atoms with van der Waals surface area (Å²) in [5.74, 6) is -0.239. The zero-order chi connectivity index (χ0) is 19.1. The first-order valence-electron chi connectivity index (χ1n) is 8.92. The Labute approximate surface area is 174 Å². The van der Waals surface area contributed by atoms with Crippen molar-refractivity contribution in [1.29, 1.82) is 0 Å². The number of fused-ring (bicyclic) bond motifs is 3. The average molecular weight is 448 g/mol. The van der Waals surface area contributed by atoms with E-state index in [0.29, 0.717) is 0 Å². The van der Waals surface area contributed by atoms with E-state index < -0.39 is 0 Å². The topological polar surface area (TPSA) is 3.24 Å². The lowest BCUT2D eigenvalue weighted by Gasteiger charge is -2.26. The fraction of sp³-hybridized carbons (Fsp3) is 0. The number of hydrogen-bond donors (Lipinski definition) is 0. The summed E-state index contributed by atoms with van der Waals surface area (Å²) < 4.78 is 17.1. The van der Waals surface area contributed by atoms with Crippen molar-refractivity contribution in [2.24, 2.45) is 0 Å². The molecule has 5 rings (SSSR count). The number of anilines is 3. The minimum atomic E-state index is -0.239. The van der Waals surface area contributed by atoms with Crippen LogP contribution in [-0.4, -0.2) is 0 Å². The summed E-state index contributed by atoms with van der Waals surface area (Å²) in [4.78, 5) is 2.15. The first-order chi connectivity index (χ1) is 13.7. The van der Waals surface area contributed by atoms with Crippen molar-refractivity contribution in [3.8, 4) is 0 Å². The van der Waals surface area contributed by atoms with Crippen LogP contribution in [0.4, 0.5) is 21.5 Å². The minimum Gasteiger partial charge on any atom is -0.310 e. The van der Waals surface area contributed by atoms with E-state index in [1.165, 1.54) is 32.3 Å². The van der Waals surface area contributed by atoms with E-state index in [1.54, 1.807) is 11.3 Å². The van der Waals surface area contributed by atoms with Gasteiger partial charge in [0.05, 0.1) is 0 Å². The lowest BCUT2D eigenvalue weighted by atomic mass is 10.1. The predicted molar refractivity (Wildman–Crippen MR) is 122 cm³/mol. The zero-order valence-corrected chi connectivity index (χ0v) is 17.2. The number of thiophene rings is 1. The lowest BCUT2D eigenvalue weighted by molar-refractivity contribution is 0.628. The van der Waals surface area contributed by atoms with E-state index in [1.807, 2.05) is 30.3 Å². The SMILES string of the molecule is Fc1ccc(N(c2ccccc2)c2cc(Br)c3sc4ccccc4c3c2)cc1. The third-order valence-corrected chi connectivity index (χ3v) is 6.88. The molecule has 0 saturated heterocycles. The van der Waals surface area contributed by atoms with Crippen LogP contribution in [0.25, 0.3) is 20.2 Å². The number of rotatable bonds is 3. The zero-order valence-electron chi connectivity index (χ0n) is 14.8. The smallest absolute Gasteiger partial charge is 0.123 e. The van der Waals surface area contributed by atoms with E-state index in [9.17, 15) is 4.39 Å². The molecule has 0 aliphatic heterocycles. The second kappa shape index (κ2) is 7.04. The molecular weight excluding hydrogens is 433 g/mol. The normalized spacial score (nSPS) is 11.2. The highest BCUT2D eigenvalue weighted by molar-refractivity contribution is 9.10. The molecule has 0 spiro atoms. The standard InChI is InChI=1S/C24H15BrFNS/c25-22-15-19(14-21-20-8-4-5-9-23(20)28-24(21)22)27(17-6-2-1-3-7-17)18-12-10-16(26)11-13-18/h1-15H. The Kier molecular flexibility index (Phi) is 4.38. The molecule has 4 heteroatoms. The molecule has 1 aromatic heterocycles. The summed E-state index contributed by atoms with van der Waals surface area (Å²) >= 11 is 5.56. The van der Waals surface area contributed by atoms with Gasteiger partial charge in [-0.05, 0) is 70.5 Å². The second-order valence-corrected chi connectivity index (χ2v) is 8.46. The van der Waals surface area contributed by atoms with Gasteiger partial charge in [-0.1, -0.05) is 36.4 Å². The van der Waals surface area contributed by atoms with Gasteiger partial charge in [0.2, 0.25) is 0 Å². The largest absolute Gasteiger partial charge is 0.310 e. The van der Waals surface area contributed by atoms with Crippen molar-refractivity contribution in [3.63, 3.8) is 0 Å². The molecule has 28 heavy (non-hydrogen) atoms. The summed E-state index contributed by atoms with van der Waals surface area (Å²) in [5, 5.41) is 2.46. The molecule has 0 fully saturated rings. The Bertz CT molecular complexity index is 1280. The third-order valence-electron chi connectivity index (χ3n) is 4.78. The van der Waals surface area contributed by atoms with Crippen molar-refractivity contribution >= 4 is 64.5 Å². The summed E-state index contributed by atoms with van der Waals surface area (Å²) in [6, 6.07) is 29.6. The highest BCUT2D eigenvalue weighted by Crippen LogP contribution is 2.43. The van der Waals surface area contributed by atoms with Gasteiger partial charge in [-0.15, -0.1) is 11.3 Å². The first-order valence-corrected chi connectivity index (χ1v) is 10.5. The molecule has 0 atom stereocenters. The van der Waals surface area contributed by atoms with Crippen LogP contribution in [0.1, 0.15) is 0 Å². The van der Waals surface area contributed by atoms with E-state index in [-0.39, 0.29) is 5.82 Å². The average Bonchev–Trinajstić information content (AvgIpc) is 3.10. The van der Waals surface area contributed by atoms with Gasteiger partial charge in [-0.3, -0.25) is 0 Å². The number of halogens is 2. The van der Waals surface area contributed by atoms with Crippen LogP contribution >= 0.6 is 27.3 Å². The van der Waals surface area contributed by atoms with Crippen molar-refractivity contribution < 1.29 is 4.39 Å². The summed E-state index contributed by atoms with van der Waals surface area (Å²) in [7, 11) is 0. The number of para-hydroxylation sites is 1. The fourth-order valence-corrected chi connectivity index (χ4v) is 5.30. The van der Waals surface area contributed by atoms with Gasteiger partial charge in [0.15, 0.2) is 0 Å². The van der Waals surface area contributed by atoms with E-state index in [2.05, 4.69) is 69.4 Å². The molecule has 0 saturated carbocycles. The monoisotopic (exact) mass is 447 g/mol. The summed E-state index contributed by atoms with van der Waals surface area (Å²) in [5.41, 5.74) is 2.97. The van der Waals surface area contributed by atoms with Crippen LogP contribution in [0, 0.1) is 5.82 Å². The predicted octanol–water partition coefficient (Wildman–Crippen LogP) is 8.43. The number of nitrogens with zero attached hydrogens (tertiary/aromatic N) is 1. The fourth-order valence-electron chi connectivity index (χ4n) is 3.51. The van der Waals surface area contributed by atoms with Crippen molar-refractivity contribution in [2.45, 2.75) is 0 Å². The molecule has 5 aromatic rings. The van der Waals surface area contributed by atoms with Crippen LogP contribution in [0.5, 0.6) is 0 Å². The summed E-state index contributed by atoms with van der Waals surface area (Å²) in [6.45, 7) is 0. The van der Waals surface area contributed by atoms with Gasteiger partial charge in [0, 0.05) is 41.7 Å². The van der Waals surface area contributed by atoms with Crippen LogP contribution in [0.2, 0.25) is 0 Å². The van der Waals surface area contributed by atoms with Gasteiger partial charge in [0.25, 0.3) is 0 Å².